The summed E-state index contributed by atoms with van der Waals surface area (Å²) in [6.45, 7) is 2.10. The molecule has 1 amide bonds. The summed E-state index contributed by atoms with van der Waals surface area (Å²) in [5.74, 6) is -0.256. The molecule has 0 radical (unpaired) electrons. The third-order valence-corrected chi connectivity index (χ3v) is 4.89. The first-order valence-corrected chi connectivity index (χ1v) is 8.52. The number of halogens is 1. The molecule has 4 rings (SSSR count). The maximum atomic E-state index is 14.1. The van der Waals surface area contributed by atoms with Gasteiger partial charge in [-0.05, 0) is 11.6 Å². The number of carbonyl (C=O) groups excluding carboxylic acids is 1. The molecule has 0 spiro atoms. The second-order valence-electron chi connectivity index (χ2n) is 6.47. The lowest BCUT2D eigenvalue weighted by atomic mass is 10.1. The molecule has 130 valence electrons. The highest BCUT2D eigenvalue weighted by atomic mass is 19.1. The van der Waals surface area contributed by atoms with Crippen molar-refractivity contribution in [1.29, 1.82) is 0 Å². The minimum atomic E-state index is -0.347. The van der Waals surface area contributed by atoms with Gasteiger partial charge in [-0.1, -0.05) is 30.3 Å². The molecule has 1 aromatic carbocycles. The van der Waals surface area contributed by atoms with Crippen LogP contribution in [0.25, 0.3) is 0 Å². The lowest BCUT2D eigenvalue weighted by Gasteiger charge is -2.29. The monoisotopic (exact) mass is 341 g/mol. The molecule has 0 N–H and O–H groups in total. The highest BCUT2D eigenvalue weighted by Gasteiger charge is 2.41. The molecule has 0 saturated carbocycles. The van der Waals surface area contributed by atoms with Crippen molar-refractivity contribution >= 4 is 11.6 Å². The van der Waals surface area contributed by atoms with Gasteiger partial charge in [0.05, 0.1) is 37.1 Å². The fourth-order valence-corrected chi connectivity index (χ4v) is 3.65. The lowest BCUT2D eigenvalue weighted by molar-refractivity contribution is -0.133. The van der Waals surface area contributed by atoms with Crippen molar-refractivity contribution in [3.8, 4) is 0 Å². The molecule has 2 aromatic rings. The van der Waals surface area contributed by atoms with Crippen molar-refractivity contribution in [3.63, 3.8) is 0 Å². The first kappa shape index (κ1) is 16.0. The van der Waals surface area contributed by atoms with Crippen molar-refractivity contribution in [2.24, 2.45) is 0 Å². The molecule has 2 saturated heterocycles. The molecular weight excluding hydrogens is 321 g/mol. The molecular formula is C19H20FN3O2. The molecule has 3 heterocycles. The van der Waals surface area contributed by atoms with Crippen molar-refractivity contribution in [1.82, 2.24) is 9.88 Å². The van der Waals surface area contributed by atoms with Gasteiger partial charge in [0.1, 0.15) is 0 Å². The van der Waals surface area contributed by atoms with E-state index in [9.17, 15) is 9.18 Å². The third-order valence-electron chi connectivity index (χ3n) is 4.89. The van der Waals surface area contributed by atoms with E-state index in [-0.39, 0.29) is 23.9 Å². The van der Waals surface area contributed by atoms with Gasteiger partial charge in [-0.15, -0.1) is 0 Å². The van der Waals surface area contributed by atoms with E-state index in [0.29, 0.717) is 38.3 Å². The Morgan fingerprint density at radius 1 is 1.20 bits per heavy atom. The van der Waals surface area contributed by atoms with Gasteiger partial charge in [-0.25, -0.2) is 4.39 Å². The number of aromatic nitrogens is 1. The zero-order chi connectivity index (χ0) is 17.2. The van der Waals surface area contributed by atoms with Gasteiger partial charge in [0, 0.05) is 25.8 Å². The summed E-state index contributed by atoms with van der Waals surface area (Å²) < 4.78 is 20.0. The topological polar surface area (TPSA) is 45.7 Å². The number of carbonyl (C=O) groups is 1. The van der Waals surface area contributed by atoms with E-state index in [1.165, 1.54) is 6.20 Å². The Balaban J connectivity index is 1.59. The summed E-state index contributed by atoms with van der Waals surface area (Å²) in [4.78, 5) is 20.3. The molecule has 6 heteroatoms. The van der Waals surface area contributed by atoms with E-state index in [1.807, 2.05) is 40.1 Å². The van der Waals surface area contributed by atoms with Crippen LogP contribution < -0.4 is 4.90 Å². The zero-order valence-corrected chi connectivity index (χ0v) is 13.8. The second kappa shape index (κ2) is 6.80. The predicted octanol–water partition coefficient (Wildman–Crippen LogP) is 2.23. The highest BCUT2D eigenvalue weighted by molar-refractivity contribution is 5.77. The standard InChI is InChI=1S/C19H20FN3O2/c20-15-10-21-8-6-16(15)22-12-17-18(13-22)25-9-7-19(24)23(17)11-14-4-2-1-3-5-14/h1-6,8,10,17-18H,7,9,11-13H2/t17-,18-/m0/s1. The van der Waals surface area contributed by atoms with E-state index in [1.54, 1.807) is 12.3 Å². The number of benzene rings is 1. The normalized spacial score (nSPS) is 23.5. The third kappa shape index (κ3) is 3.22. The molecule has 2 atom stereocenters. The smallest absolute Gasteiger partial charge is 0.225 e. The van der Waals surface area contributed by atoms with Crippen molar-refractivity contribution < 1.29 is 13.9 Å². The fourth-order valence-electron chi connectivity index (χ4n) is 3.65. The Morgan fingerprint density at radius 2 is 2.04 bits per heavy atom. The average Bonchev–Trinajstić information content (AvgIpc) is 2.98. The van der Waals surface area contributed by atoms with Gasteiger partial charge in [-0.3, -0.25) is 9.78 Å². The van der Waals surface area contributed by atoms with E-state index in [0.717, 1.165) is 5.56 Å². The lowest BCUT2D eigenvalue weighted by Crippen LogP contribution is -2.45. The molecule has 0 aliphatic carbocycles. The van der Waals surface area contributed by atoms with Gasteiger partial charge < -0.3 is 14.5 Å². The summed E-state index contributed by atoms with van der Waals surface area (Å²) >= 11 is 0. The Morgan fingerprint density at radius 3 is 2.84 bits per heavy atom. The first-order valence-electron chi connectivity index (χ1n) is 8.52. The van der Waals surface area contributed by atoms with Crippen LogP contribution in [0, 0.1) is 5.82 Å². The Labute approximate surface area is 146 Å². The molecule has 1 aromatic heterocycles. The zero-order valence-electron chi connectivity index (χ0n) is 13.8. The largest absolute Gasteiger partial charge is 0.374 e. The van der Waals surface area contributed by atoms with Crippen molar-refractivity contribution in [2.45, 2.75) is 25.1 Å². The van der Waals surface area contributed by atoms with Crippen LogP contribution in [0.2, 0.25) is 0 Å². The number of hydrogen-bond donors (Lipinski definition) is 0. The van der Waals surface area contributed by atoms with E-state index in [2.05, 4.69) is 4.98 Å². The summed E-state index contributed by atoms with van der Waals surface area (Å²) in [6, 6.07) is 11.5. The van der Waals surface area contributed by atoms with Crippen LogP contribution in [0.1, 0.15) is 12.0 Å². The SMILES string of the molecule is O=C1CCO[C@H]2CN(c3ccncc3F)C[C@@H]2N1Cc1ccccc1. The molecule has 25 heavy (non-hydrogen) atoms. The number of nitrogens with zero attached hydrogens (tertiary/aromatic N) is 3. The van der Waals surface area contributed by atoms with Crippen LogP contribution in [0.4, 0.5) is 10.1 Å². The Hall–Kier alpha value is -2.47. The van der Waals surface area contributed by atoms with Crippen LogP contribution in [0.3, 0.4) is 0 Å². The van der Waals surface area contributed by atoms with Gasteiger partial charge in [0.25, 0.3) is 0 Å². The van der Waals surface area contributed by atoms with Gasteiger partial charge >= 0.3 is 0 Å². The van der Waals surface area contributed by atoms with Gasteiger partial charge in [-0.2, -0.15) is 0 Å². The van der Waals surface area contributed by atoms with Gasteiger partial charge in [0.2, 0.25) is 5.91 Å². The summed E-state index contributed by atoms with van der Waals surface area (Å²) in [5.41, 5.74) is 1.60. The number of fused-ring (bicyclic) bond motifs is 1. The first-order chi connectivity index (χ1) is 12.2. The van der Waals surface area contributed by atoms with Crippen LogP contribution in [-0.4, -0.2) is 47.6 Å². The van der Waals surface area contributed by atoms with Crippen LogP contribution in [-0.2, 0) is 16.1 Å². The number of ether oxygens (including phenoxy) is 1. The van der Waals surface area contributed by atoms with E-state index in [4.69, 9.17) is 4.74 Å². The summed E-state index contributed by atoms with van der Waals surface area (Å²) in [7, 11) is 0. The quantitative estimate of drug-likeness (QED) is 0.859. The van der Waals surface area contributed by atoms with Crippen molar-refractivity contribution in [2.75, 3.05) is 24.6 Å². The Bertz CT molecular complexity index is 755. The average molecular weight is 341 g/mol. The maximum Gasteiger partial charge on any atom is 0.225 e. The molecule has 2 aliphatic heterocycles. The molecule has 0 bridgehead atoms. The molecule has 2 aliphatic rings. The number of rotatable bonds is 3. The molecule has 5 nitrogen and oxygen atoms in total. The number of anilines is 1. The summed E-state index contributed by atoms with van der Waals surface area (Å²) in [5, 5.41) is 0. The second-order valence-corrected chi connectivity index (χ2v) is 6.47. The van der Waals surface area contributed by atoms with Crippen LogP contribution >= 0.6 is 0 Å². The van der Waals surface area contributed by atoms with Gasteiger partial charge in [0.15, 0.2) is 5.82 Å². The number of pyridine rings is 1. The highest BCUT2D eigenvalue weighted by Crippen LogP contribution is 2.29. The van der Waals surface area contributed by atoms with Crippen LogP contribution in [0.5, 0.6) is 0 Å². The van der Waals surface area contributed by atoms with E-state index < -0.39 is 0 Å². The number of hydrogen-bond acceptors (Lipinski definition) is 4. The predicted molar refractivity (Wildman–Crippen MR) is 91.5 cm³/mol. The van der Waals surface area contributed by atoms with Crippen LogP contribution in [0.15, 0.2) is 48.8 Å². The fraction of sp³-hybridized carbons (Fsp3) is 0.368. The van der Waals surface area contributed by atoms with E-state index >= 15 is 0 Å². The molecule has 2 fully saturated rings. The molecule has 0 unspecified atom stereocenters. The van der Waals surface area contributed by atoms with Crippen molar-refractivity contribution in [3.05, 3.63) is 60.2 Å². The Kier molecular flexibility index (Phi) is 4.36. The summed E-state index contributed by atoms with van der Waals surface area (Å²) in [6.07, 6.45) is 3.09. The minimum absolute atomic E-state index is 0.0808. The number of amides is 1. The minimum Gasteiger partial charge on any atom is -0.374 e. The maximum absolute atomic E-state index is 14.1.